The summed E-state index contributed by atoms with van der Waals surface area (Å²) in [7, 11) is 0. The first-order chi connectivity index (χ1) is 23.2. The molecule has 0 spiro atoms. The number of urea groups is 1. The van der Waals surface area contributed by atoms with Crippen LogP contribution < -0.4 is 25.2 Å². The van der Waals surface area contributed by atoms with Gasteiger partial charge in [0.25, 0.3) is 0 Å². The fraction of sp³-hybridized carbons (Fsp3) is 0.233. The van der Waals surface area contributed by atoms with E-state index < -0.39 is 31.1 Å². The molecule has 49 heavy (non-hydrogen) atoms. The van der Waals surface area contributed by atoms with Crippen molar-refractivity contribution in [3.8, 4) is 28.6 Å². The van der Waals surface area contributed by atoms with Gasteiger partial charge < -0.3 is 9.47 Å². The Kier molecular flexibility index (Phi) is 10.7. The molecule has 0 radical (unpaired) electrons. The molecule has 3 amide bonds. The van der Waals surface area contributed by atoms with Gasteiger partial charge in [-0.05, 0) is 54.4 Å². The number of aliphatic imine (C=N–C) groups is 1. The molecule has 2 heterocycles. The largest absolute Gasteiger partial charge is 0.573 e. The maximum absolute atomic E-state index is 12.8. The summed E-state index contributed by atoms with van der Waals surface area (Å²) in [5, 5.41) is 4.42. The Morgan fingerprint density at radius 3 is 2.43 bits per heavy atom. The fourth-order valence-corrected chi connectivity index (χ4v) is 5.52. The molecule has 19 heteroatoms. The molecule has 258 valence electrons. The Balaban J connectivity index is 1.23. The van der Waals surface area contributed by atoms with Gasteiger partial charge >= 0.3 is 18.6 Å². The van der Waals surface area contributed by atoms with Crippen molar-refractivity contribution in [1.82, 2.24) is 25.6 Å². The summed E-state index contributed by atoms with van der Waals surface area (Å²) in [6.45, 7) is 0.265. The zero-order chi connectivity index (χ0) is 35.3. The summed E-state index contributed by atoms with van der Waals surface area (Å²) < 4.78 is 85.9. The van der Waals surface area contributed by atoms with Gasteiger partial charge in [-0.2, -0.15) is 18.2 Å². The number of hydrogen-bond acceptors (Lipinski definition) is 8. The van der Waals surface area contributed by atoms with Crippen molar-refractivity contribution in [2.24, 2.45) is 4.99 Å². The van der Waals surface area contributed by atoms with E-state index in [9.17, 15) is 35.9 Å². The van der Waals surface area contributed by atoms with E-state index >= 15 is 0 Å². The van der Waals surface area contributed by atoms with Gasteiger partial charge in [-0.3, -0.25) is 15.1 Å². The number of hydrogen-bond donors (Lipinski definition) is 2. The van der Waals surface area contributed by atoms with E-state index in [0.717, 1.165) is 34.4 Å². The maximum atomic E-state index is 12.8. The highest BCUT2D eigenvalue weighted by Crippen LogP contribution is 2.37. The number of aromatic nitrogens is 3. The fourth-order valence-electron chi connectivity index (χ4n) is 4.50. The van der Waals surface area contributed by atoms with Gasteiger partial charge in [-0.1, -0.05) is 54.6 Å². The van der Waals surface area contributed by atoms with E-state index in [1.807, 2.05) is 6.92 Å². The van der Waals surface area contributed by atoms with Crippen molar-refractivity contribution in [3.63, 3.8) is 0 Å². The summed E-state index contributed by atoms with van der Waals surface area (Å²) in [6, 6.07) is 14.7. The Bertz CT molecular complexity index is 1840. The minimum atomic E-state index is -4.80. The molecule has 0 bridgehead atoms. The van der Waals surface area contributed by atoms with Crippen LogP contribution in [0.5, 0.6) is 11.5 Å². The van der Waals surface area contributed by atoms with Gasteiger partial charge in [-0.25, -0.2) is 19.9 Å². The Morgan fingerprint density at radius 2 is 1.78 bits per heavy atom. The highest BCUT2D eigenvalue weighted by Gasteiger charge is 2.35. The molecule has 0 aliphatic carbocycles. The lowest BCUT2D eigenvalue weighted by molar-refractivity contribution is -0.274. The molecule has 1 aliphatic rings. The lowest BCUT2D eigenvalue weighted by Crippen LogP contribution is -2.39. The van der Waals surface area contributed by atoms with Gasteiger partial charge in [0.1, 0.15) is 17.8 Å². The number of carbonyl (C=O) groups is 2. The summed E-state index contributed by atoms with van der Waals surface area (Å²) in [5.74, 6) is -0.941. The van der Waals surface area contributed by atoms with E-state index in [1.165, 1.54) is 41.3 Å². The summed E-state index contributed by atoms with van der Waals surface area (Å²) in [5.41, 5.74) is 7.14. The third-order valence-corrected chi connectivity index (χ3v) is 7.83. The molecule has 11 nitrogen and oxygen atoms in total. The highest BCUT2D eigenvalue weighted by atomic mass is 35.5. The van der Waals surface area contributed by atoms with Crippen molar-refractivity contribution in [1.29, 1.82) is 0 Å². The number of nitrogens with one attached hydrogen (secondary N) is 2. The minimum Gasteiger partial charge on any atom is -0.482 e. The first kappa shape index (κ1) is 35.5. The maximum Gasteiger partial charge on any atom is 0.573 e. The monoisotopic (exact) mass is 727 g/mol. The number of thioether (sulfide) groups is 1. The van der Waals surface area contributed by atoms with Crippen LogP contribution in [0.3, 0.4) is 0 Å². The van der Waals surface area contributed by atoms with Crippen molar-refractivity contribution in [2.45, 2.75) is 31.9 Å². The average Bonchev–Trinajstić information content (AvgIpc) is 3.67. The van der Waals surface area contributed by atoms with Crippen LogP contribution in [0.4, 0.5) is 36.8 Å². The minimum absolute atomic E-state index is 0.0849. The van der Waals surface area contributed by atoms with Crippen molar-refractivity contribution in [3.05, 3.63) is 83.6 Å². The van der Waals surface area contributed by atoms with Crippen LogP contribution in [-0.2, 0) is 4.79 Å². The Hall–Kier alpha value is -4.81. The van der Waals surface area contributed by atoms with Gasteiger partial charge in [0.2, 0.25) is 5.91 Å². The van der Waals surface area contributed by atoms with E-state index in [0.29, 0.717) is 23.5 Å². The van der Waals surface area contributed by atoms with Crippen LogP contribution >= 0.6 is 23.4 Å². The van der Waals surface area contributed by atoms with Crippen LogP contribution in [0.1, 0.15) is 24.9 Å². The Morgan fingerprint density at radius 1 is 1.06 bits per heavy atom. The van der Waals surface area contributed by atoms with Crippen molar-refractivity contribution < 1.29 is 45.4 Å². The molecular weight excluding hydrogens is 704 g/mol. The van der Waals surface area contributed by atoms with Gasteiger partial charge in [0.05, 0.1) is 23.2 Å². The van der Waals surface area contributed by atoms with Gasteiger partial charge in [0.15, 0.2) is 17.6 Å². The molecule has 1 saturated heterocycles. The normalized spacial score (nSPS) is 15.1. The molecule has 2 N–H and O–H groups in total. The first-order valence-electron chi connectivity index (χ1n) is 14.2. The van der Waals surface area contributed by atoms with Crippen LogP contribution in [0.15, 0.2) is 78.0 Å². The number of alkyl halides is 6. The number of amides is 3. The van der Waals surface area contributed by atoms with E-state index in [2.05, 4.69) is 30.7 Å². The van der Waals surface area contributed by atoms with Gasteiger partial charge in [-0.15, -0.1) is 18.3 Å². The van der Waals surface area contributed by atoms with E-state index in [-0.39, 0.29) is 39.2 Å². The third kappa shape index (κ3) is 9.42. The molecule has 1 aromatic heterocycles. The topological polar surface area (TPSA) is 123 Å². The molecular formula is C30H24ClF6N7O4S. The lowest BCUT2D eigenvalue weighted by atomic mass is 10.0. The van der Waals surface area contributed by atoms with Crippen LogP contribution in [0, 0.1) is 0 Å². The quantitative estimate of drug-likeness (QED) is 0.130. The number of halogens is 7. The summed E-state index contributed by atoms with van der Waals surface area (Å²) >= 11 is 6.96. The molecule has 1 unspecified atom stereocenters. The molecule has 1 fully saturated rings. The number of anilines is 1. The number of rotatable bonds is 10. The number of hydrazine groups is 1. The average molecular weight is 728 g/mol. The molecule has 4 aromatic rings. The molecule has 1 aliphatic heterocycles. The molecule has 1 atom stereocenters. The second-order valence-electron chi connectivity index (χ2n) is 10.1. The standard InChI is InChI=1S/C30H24ClF6N7O4S/c1-2-22(17-3-5-18(6-4-17)26-38-16-43(42-26)20-8-10-21(11-9-20)48-30(35,36)37)40-41-27(46)39-28-44(25(45)14-49-28)23-13-19(31)7-12-24(23)47-15-29(32,33)34/h3-13,16,22,40H,2,14-15H2,1H3,(H,41,46)/b39-28-. The zero-order valence-corrected chi connectivity index (χ0v) is 26.6. The van der Waals surface area contributed by atoms with E-state index in [4.69, 9.17) is 16.3 Å². The number of amidine groups is 1. The van der Waals surface area contributed by atoms with Crippen molar-refractivity contribution in [2.75, 3.05) is 17.3 Å². The predicted molar refractivity (Wildman–Crippen MR) is 169 cm³/mol. The molecule has 3 aromatic carbocycles. The second kappa shape index (κ2) is 14.8. The Labute approximate surface area is 283 Å². The summed E-state index contributed by atoms with van der Waals surface area (Å²) in [6.07, 6.45) is -7.49. The molecule has 5 rings (SSSR count). The lowest BCUT2D eigenvalue weighted by Gasteiger charge is -2.21. The van der Waals surface area contributed by atoms with Crippen LogP contribution in [0.2, 0.25) is 5.02 Å². The number of carbonyl (C=O) groups excluding carboxylic acids is 2. The number of benzene rings is 3. The van der Waals surface area contributed by atoms with E-state index in [1.54, 1.807) is 24.3 Å². The zero-order valence-electron chi connectivity index (χ0n) is 25.0. The number of ether oxygens (including phenoxy) is 2. The van der Waals surface area contributed by atoms with Crippen molar-refractivity contribution >= 4 is 46.2 Å². The van der Waals surface area contributed by atoms with Crippen LogP contribution in [0.25, 0.3) is 17.1 Å². The SMILES string of the molecule is CCC(NNC(=O)/N=C1\SCC(=O)N1c1cc(Cl)ccc1OCC(F)(F)F)c1ccc(-c2ncn(-c3ccc(OC(F)(F)F)cc3)n2)cc1. The molecule has 0 saturated carbocycles. The second-order valence-corrected chi connectivity index (χ2v) is 11.5. The smallest absolute Gasteiger partial charge is 0.482 e. The van der Waals surface area contributed by atoms with Crippen LogP contribution in [-0.4, -0.2) is 56.8 Å². The number of nitrogens with zero attached hydrogens (tertiary/aromatic N) is 5. The first-order valence-corrected chi connectivity index (χ1v) is 15.5. The third-order valence-electron chi connectivity index (χ3n) is 6.68. The highest BCUT2D eigenvalue weighted by molar-refractivity contribution is 8.15. The van der Waals surface area contributed by atoms with Gasteiger partial charge in [0, 0.05) is 10.6 Å². The predicted octanol–water partition coefficient (Wildman–Crippen LogP) is 7.23. The summed E-state index contributed by atoms with van der Waals surface area (Å²) in [4.78, 5) is 34.7.